The van der Waals surface area contributed by atoms with E-state index < -0.39 is 0 Å². The molecule has 1 atom stereocenters. The van der Waals surface area contributed by atoms with Crippen LogP contribution in [0.25, 0.3) is 22.0 Å². The number of anilines is 1. The highest BCUT2D eigenvalue weighted by Crippen LogP contribution is 2.31. The number of nitrogens with one attached hydrogen (secondary N) is 1. The first-order chi connectivity index (χ1) is 14.8. The van der Waals surface area contributed by atoms with Gasteiger partial charge >= 0.3 is 0 Å². The lowest BCUT2D eigenvalue weighted by Crippen LogP contribution is -2.49. The maximum Gasteiger partial charge on any atom is 0.293 e. The summed E-state index contributed by atoms with van der Waals surface area (Å²) in [5.74, 6) is 0.673. The van der Waals surface area contributed by atoms with Gasteiger partial charge in [0.1, 0.15) is 17.1 Å². The Kier molecular flexibility index (Phi) is 7.17. The average Bonchev–Trinajstić information content (AvgIpc) is 2.73. The molecule has 0 radical (unpaired) electrons. The van der Waals surface area contributed by atoms with Crippen molar-refractivity contribution >= 4 is 23.1 Å². The summed E-state index contributed by atoms with van der Waals surface area (Å²) in [6, 6.07) is 15.0. The second-order valence-corrected chi connectivity index (χ2v) is 8.55. The Balaban J connectivity index is 0.000000339. The summed E-state index contributed by atoms with van der Waals surface area (Å²) in [5.41, 5.74) is 1.35. The molecule has 1 saturated heterocycles. The molecule has 2 aromatic carbocycles. The van der Waals surface area contributed by atoms with Gasteiger partial charge in [0.2, 0.25) is 0 Å². The number of rotatable bonds is 3. The zero-order valence-electron chi connectivity index (χ0n) is 18.4. The van der Waals surface area contributed by atoms with Gasteiger partial charge in [-0.15, -0.1) is 10.2 Å². The van der Waals surface area contributed by atoms with Crippen LogP contribution in [0.3, 0.4) is 0 Å². The number of halogens is 1. The van der Waals surface area contributed by atoms with Crippen LogP contribution in [0, 0.1) is 5.82 Å². The third-order valence-electron chi connectivity index (χ3n) is 4.86. The summed E-state index contributed by atoms with van der Waals surface area (Å²) in [6.07, 6.45) is 0. The number of benzene rings is 2. The minimum atomic E-state index is -0.318. The Morgan fingerprint density at radius 3 is 2.35 bits per heavy atom. The first-order valence-corrected chi connectivity index (χ1v) is 10.4. The van der Waals surface area contributed by atoms with Crippen molar-refractivity contribution in [1.82, 2.24) is 15.5 Å². The molecule has 0 bridgehead atoms. The molecule has 1 aliphatic heterocycles. The van der Waals surface area contributed by atoms with E-state index in [1.807, 2.05) is 32.9 Å². The van der Waals surface area contributed by atoms with Gasteiger partial charge in [0, 0.05) is 42.0 Å². The van der Waals surface area contributed by atoms with Gasteiger partial charge in [-0.2, -0.15) is 0 Å². The topological polar surface area (TPSA) is 67.3 Å². The van der Waals surface area contributed by atoms with Crippen molar-refractivity contribution in [3.8, 4) is 11.3 Å². The molecule has 0 unspecified atom stereocenters. The molecule has 2 heterocycles. The molecule has 0 aliphatic carbocycles. The number of piperazine rings is 1. The number of fused-ring (bicyclic) bond motifs is 1. The number of aromatic nitrogens is 2. The second-order valence-electron chi connectivity index (χ2n) is 8.55. The molecule has 0 spiro atoms. The van der Waals surface area contributed by atoms with E-state index in [2.05, 4.69) is 44.2 Å². The lowest BCUT2D eigenvalue weighted by molar-refractivity contribution is -0.138. The summed E-state index contributed by atoms with van der Waals surface area (Å²) in [5, 5.41) is 14.6. The third kappa shape index (κ3) is 5.98. The van der Waals surface area contributed by atoms with Crippen molar-refractivity contribution < 1.29 is 13.9 Å². The summed E-state index contributed by atoms with van der Waals surface area (Å²) in [6.45, 7) is 10.9. The first-order valence-electron chi connectivity index (χ1n) is 10.4. The number of nitrogens with zero attached hydrogens (tertiary/aromatic N) is 3. The van der Waals surface area contributed by atoms with Crippen molar-refractivity contribution in [1.29, 1.82) is 0 Å². The summed E-state index contributed by atoms with van der Waals surface area (Å²) < 4.78 is 17.8. The Hall–Kier alpha value is -3.06. The van der Waals surface area contributed by atoms with Gasteiger partial charge in [0.15, 0.2) is 5.82 Å². The molecular weight excluding hydrogens is 395 g/mol. The van der Waals surface area contributed by atoms with Gasteiger partial charge in [-0.25, -0.2) is 4.39 Å². The van der Waals surface area contributed by atoms with E-state index in [1.165, 1.54) is 12.1 Å². The van der Waals surface area contributed by atoms with Crippen LogP contribution in [0.2, 0.25) is 0 Å². The summed E-state index contributed by atoms with van der Waals surface area (Å²) in [4.78, 5) is 11.9. The van der Waals surface area contributed by atoms with Gasteiger partial charge < -0.3 is 15.0 Å². The molecule has 1 aromatic heterocycles. The molecule has 0 amide bonds. The van der Waals surface area contributed by atoms with E-state index in [1.54, 1.807) is 12.1 Å². The van der Waals surface area contributed by atoms with Crippen LogP contribution in [0.1, 0.15) is 27.7 Å². The predicted molar refractivity (Wildman–Crippen MR) is 122 cm³/mol. The summed E-state index contributed by atoms with van der Waals surface area (Å²) in [7, 11) is 0. The number of hydrogen-bond donors (Lipinski definition) is 1. The monoisotopic (exact) mass is 424 g/mol. The minimum Gasteiger partial charge on any atom is -0.462 e. The minimum absolute atomic E-state index is 0.248. The molecule has 1 fully saturated rings. The second kappa shape index (κ2) is 9.83. The normalized spacial score (nSPS) is 16.4. The molecule has 31 heavy (non-hydrogen) atoms. The number of carbonyl (C=O) groups excluding carboxylic acids is 1. The molecule has 0 saturated carbocycles. The Morgan fingerprint density at radius 2 is 1.77 bits per heavy atom. The fourth-order valence-electron chi connectivity index (χ4n) is 3.41. The predicted octanol–water partition coefficient (Wildman–Crippen LogP) is 4.19. The Bertz CT molecular complexity index is 1020. The number of carbonyl (C=O) groups is 1. The average molecular weight is 425 g/mol. The Labute approximate surface area is 182 Å². The smallest absolute Gasteiger partial charge is 0.293 e. The highest BCUT2D eigenvalue weighted by molar-refractivity contribution is 6.00. The van der Waals surface area contributed by atoms with Crippen molar-refractivity contribution in [3.63, 3.8) is 0 Å². The van der Waals surface area contributed by atoms with Crippen LogP contribution in [-0.4, -0.2) is 47.9 Å². The fourth-order valence-corrected chi connectivity index (χ4v) is 3.41. The zero-order chi connectivity index (χ0) is 22.4. The van der Waals surface area contributed by atoms with E-state index in [0.29, 0.717) is 12.5 Å². The van der Waals surface area contributed by atoms with Crippen molar-refractivity contribution in [2.24, 2.45) is 0 Å². The van der Waals surface area contributed by atoms with Gasteiger partial charge in [-0.3, -0.25) is 4.79 Å². The van der Waals surface area contributed by atoms with E-state index in [0.717, 1.165) is 47.5 Å². The molecule has 6 nitrogen and oxygen atoms in total. The molecule has 4 rings (SSSR count). The SMILES string of the molecule is CC(C)(C)OC=O.C[C@H]1CN(c2nnc(-c3ccc(F)cc3)c3ccccc23)CCN1. The maximum atomic E-state index is 13.2. The molecular formula is C24H29FN4O2. The molecule has 1 N–H and O–H groups in total. The van der Waals surface area contributed by atoms with Crippen LogP contribution < -0.4 is 10.2 Å². The van der Waals surface area contributed by atoms with Crippen LogP contribution in [0.5, 0.6) is 0 Å². The van der Waals surface area contributed by atoms with Crippen molar-refractivity contribution in [2.45, 2.75) is 39.3 Å². The zero-order valence-corrected chi connectivity index (χ0v) is 18.4. The van der Waals surface area contributed by atoms with Crippen LogP contribution in [0.4, 0.5) is 10.2 Å². The van der Waals surface area contributed by atoms with Crippen molar-refractivity contribution in [2.75, 3.05) is 24.5 Å². The van der Waals surface area contributed by atoms with Gasteiger partial charge in [-0.1, -0.05) is 24.3 Å². The maximum absolute atomic E-state index is 13.2. The molecule has 164 valence electrons. The van der Waals surface area contributed by atoms with E-state index in [4.69, 9.17) is 0 Å². The van der Waals surface area contributed by atoms with E-state index in [-0.39, 0.29) is 11.4 Å². The third-order valence-corrected chi connectivity index (χ3v) is 4.86. The number of ether oxygens (including phenoxy) is 1. The van der Waals surface area contributed by atoms with Gasteiger partial charge in [-0.05, 0) is 52.0 Å². The van der Waals surface area contributed by atoms with E-state index in [9.17, 15) is 9.18 Å². The lowest BCUT2D eigenvalue weighted by atomic mass is 10.0. The standard InChI is InChI=1S/C19H19FN4.C5H10O2/c1-13-12-24(11-10-21-13)19-17-5-3-2-4-16(17)18(22-23-19)14-6-8-15(20)9-7-14;1-5(2,3)7-4-6/h2-9,13,21H,10-12H2,1H3;4H,1-3H3/t13-;/m0./s1. The molecule has 3 aromatic rings. The van der Waals surface area contributed by atoms with Crippen LogP contribution >= 0.6 is 0 Å². The van der Waals surface area contributed by atoms with Gasteiger partial charge in [0.05, 0.1) is 0 Å². The first kappa shape index (κ1) is 22.6. The van der Waals surface area contributed by atoms with Crippen LogP contribution in [0.15, 0.2) is 48.5 Å². The number of hydrogen-bond acceptors (Lipinski definition) is 6. The van der Waals surface area contributed by atoms with Gasteiger partial charge in [0.25, 0.3) is 6.47 Å². The van der Waals surface area contributed by atoms with E-state index >= 15 is 0 Å². The lowest BCUT2D eigenvalue weighted by Gasteiger charge is -2.33. The Morgan fingerprint density at radius 1 is 1.10 bits per heavy atom. The van der Waals surface area contributed by atoms with Crippen LogP contribution in [-0.2, 0) is 9.53 Å². The quantitative estimate of drug-likeness (QED) is 0.636. The van der Waals surface area contributed by atoms with Crippen molar-refractivity contribution in [3.05, 3.63) is 54.3 Å². The molecule has 1 aliphatic rings. The summed E-state index contributed by atoms with van der Waals surface area (Å²) >= 11 is 0. The highest BCUT2D eigenvalue weighted by atomic mass is 19.1. The molecule has 7 heteroatoms. The highest BCUT2D eigenvalue weighted by Gasteiger charge is 2.20. The largest absolute Gasteiger partial charge is 0.462 e. The fraction of sp³-hybridized carbons (Fsp3) is 0.375.